The van der Waals surface area contributed by atoms with Crippen LogP contribution in [-0.4, -0.2) is 74.9 Å². The molecule has 1 unspecified atom stereocenters. The lowest BCUT2D eigenvalue weighted by Crippen LogP contribution is -2.37. The van der Waals surface area contributed by atoms with E-state index in [1.54, 1.807) is 0 Å². The quantitative estimate of drug-likeness (QED) is 0.0214. The molecule has 0 fully saturated rings. The molecule has 0 aliphatic rings. The number of hydrogen-bond acceptors (Lipinski definition) is 7. The number of ether oxygens (including phenoxy) is 2. The van der Waals surface area contributed by atoms with Crippen molar-refractivity contribution in [3.05, 3.63) is 72.9 Å². The molecular formula is C48H85NO8P+. The summed E-state index contributed by atoms with van der Waals surface area (Å²) < 4.78 is 34.3. The van der Waals surface area contributed by atoms with Crippen LogP contribution in [0.25, 0.3) is 0 Å². The molecule has 0 saturated heterocycles. The topological polar surface area (TPSA) is 108 Å². The van der Waals surface area contributed by atoms with Crippen LogP contribution in [0.5, 0.6) is 0 Å². The molecule has 0 heterocycles. The third-order valence-corrected chi connectivity index (χ3v) is 10.2. The highest BCUT2D eigenvalue weighted by Gasteiger charge is 2.27. The van der Waals surface area contributed by atoms with Crippen LogP contribution in [0.15, 0.2) is 72.9 Å². The monoisotopic (exact) mass is 835 g/mol. The van der Waals surface area contributed by atoms with Gasteiger partial charge >= 0.3 is 19.8 Å². The van der Waals surface area contributed by atoms with Crippen molar-refractivity contribution in [2.24, 2.45) is 0 Å². The van der Waals surface area contributed by atoms with E-state index in [-0.39, 0.29) is 26.1 Å². The first-order valence-corrected chi connectivity index (χ1v) is 24.2. The van der Waals surface area contributed by atoms with E-state index in [0.717, 1.165) is 70.6 Å². The predicted octanol–water partition coefficient (Wildman–Crippen LogP) is 13.0. The molecule has 58 heavy (non-hydrogen) atoms. The van der Waals surface area contributed by atoms with E-state index < -0.39 is 32.5 Å². The minimum Gasteiger partial charge on any atom is -0.462 e. The maximum absolute atomic E-state index is 12.7. The van der Waals surface area contributed by atoms with E-state index >= 15 is 0 Å². The lowest BCUT2D eigenvalue weighted by atomic mass is 10.1. The molecule has 334 valence electrons. The van der Waals surface area contributed by atoms with Gasteiger partial charge in [-0.1, -0.05) is 145 Å². The average Bonchev–Trinajstić information content (AvgIpc) is 3.17. The summed E-state index contributed by atoms with van der Waals surface area (Å²) in [5.74, 6) is -0.867. The van der Waals surface area contributed by atoms with E-state index in [0.29, 0.717) is 23.9 Å². The standard InChI is InChI=1S/C48H84NO8P/c1-6-8-10-12-14-16-18-20-22-23-24-25-27-29-31-33-35-37-39-41-48(51)57-46(45-56-58(52,53)55-43-42-49(3,4)5)44-54-47(50)40-38-36-34-32-30-28-26-21-19-17-15-13-11-9-7-2/h8,10,14,16,20,22,24-25,29-32,46H,6-7,9,11-13,15,17-19,21,23,26-28,33-45H2,1-5H3/p+1/b10-8+,16-14+,22-20+,25-24+,31-29+,32-30+/t46-/m1/s1. The fourth-order valence-electron chi connectivity index (χ4n) is 5.68. The van der Waals surface area contributed by atoms with Gasteiger partial charge in [-0.25, -0.2) is 4.57 Å². The molecule has 0 amide bonds. The van der Waals surface area contributed by atoms with E-state index in [1.165, 1.54) is 57.8 Å². The van der Waals surface area contributed by atoms with Crippen molar-refractivity contribution in [1.82, 2.24) is 0 Å². The third kappa shape index (κ3) is 43.0. The second-order valence-electron chi connectivity index (χ2n) is 16.0. The molecule has 0 aromatic rings. The Bertz CT molecular complexity index is 1220. The molecule has 2 atom stereocenters. The van der Waals surface area contributed by atoms with Gasteiger partial charge in [-0.2, -0.15) is 0 Å². The van der Waals surface area contributed by atoms with Gasteiger partial charge in [-0.3, -0.25) is 18.6 Å². The van der Waals surface area contributed by atoms with Crippen LogP contribution in [-0.2, 0) is 32.7 Å². The zero-order chi connectivity index (χ0) is 42.8. The van der Waals surface area contributed by atoms with Gasteiger partial charge in [0.25, 0.3) is 0 Å². The summed E-state index contributed by atoms with van der Waals surface area (Å²) in [6.07, 6.45) is 49.5. The van der Waals surface area contributed by atoms with Gasteiger partial charge in [0.05, 0.1) is 27.7 Å². The second-order valence-corrected chi connectivity index (χ2v) is 17.5. The van der Waals surface area contributed by atoms with Gasteiger partial charge in [-0.15, -0.1) is 0 Å². The van der Waals surface area contributed by atoms with Gasteiger partial charge in [0.2, 0.25) is 0 Å². The maximum atomic E-state index is 12.7. The number of quaternary nitrogens is 1. The summed E-state index contributed by atoms with van der Waals surface area (Å²) in [5.41, 5.74) is 0. The van der Waals surface area contributed by atoms with Crippen molar-refractivity contribution in [1.29, 1.82) is 0 Å². The summed E-state index contributed by atoms with van der Waals surface area (Å²) in [7, 11) is 1.43. The molecule has 0 bridgehead atoms. The highest BCUT2D eigenvalue weighted by molar-refractivity contribution is 7.47. The number of carbonyl (C=O) groups excluding carboxylic acids is 2. The summed E-state index contributed by atoms with van der Waals surface area (Å²) >= 11 is 0. The van der Waals surface area contributed by atoms with Gasteiger partial charge in [0, 0.05) is 12.8 Å². The predicted molar refractivity (Wildman–Crippen MR) is 242 cm³/mol. The van der Waals surface area contributed by atoms with Crippen LogP contribution in [0, 0.1) is 0 Å². The first-order valence-electron chi connectivity index (χ1n) is 22.7. The van der Waals surface area contributed by atoms with Gasteiger partial charge < -0.3 is 18.9 Å². The van der Waals surface area contributed by atoms with E-state index in [4.69, 9.17) is 18.5 Å². The Labute approximate surface area is 355 Å². The molecular weight excluding hydrogens is 750 g/mol. The Kier molecular flexibility index (Phi) is 38.1. The molecule has 0 aromatic heterocycles. The summed E-state index contributed by atoms with van der Waals surface area (Å²) in [6.45, 7) is 4.23. The van der Waals surface area contributed by atoms with Crippen LogP contribution >= 0.6 is 7.82 Å². The highest BCUT2D eigenvalue weighted by Crippen LogP contribution is 2.43. The van der Waals surface area contributed by atoms with Crippen LogP contribution in [0.2, 0.25) is 0 Å². The van der Waals surface area contributed by atoms with Crippen molar-refractivity contribution in [2.75, 3.05) is 47.5 Å². The first-order chi connectivity index (χ1) is 28.0. The number of nitrogens with zero attached hydrogens (tertiary/aromatic N) is 1. The third-order valence-electron chi connectivity index (χ3n) is 9.22. The van der Waals surface area contributed by atoms with Crippen molar-refractivity contribution in [2.45, 2.75) is 174 Å². The molecule has 1 N–H and O–H groups in total. The molecule has 0 radical (unpaired) electrons. The molecule has 10 heteroatoms. The lowest BCUT2D eigenvalue weighted by molar-refractivity contribution is -0.870. The number of phosphoric ester groups is 1. The van der Waals surface area contributed by atoms with E-state index in [9.17, 15) is 19.0 Å². The molecule has 0 aliphatic heterocycles. The van der Waals surface area contributed by atoms with Crippen molar-refractivity contribution < 1.29 is 42.1 Å². The molecule has 0 saturated carbocycles. The van der Waals surface area contributed by atoms with E-state index in [1.807, 2.05) is 21.1 Å². The van der Waals surface area contributed by atoms with Crippen LogP contribution in [0.4, 0.5) is 0 Å². The maximum Gasteiger partial charge on any atom is 0.472 e. The van der Waals surface area contributed by atoms with Crippen molar-refractivity contribution in [3.63, 3.8) is 0 Å². The number of phosphoric acid groups is 1. The number of likely N-dealkylation sites (N-methyl/N-ethyl adjacent to an activating group) is 1. The number of carbonyl (C=O) groups is 2. The molecule has 0 aromatic carbocycles. The molecule has 0 spiro atoms. The van der Waals surface area contributed by atoms with Crippen molar-refractivity contribution in [3.8, 4) is 0 Å². The number of allylic oxidation sites excluding steroid dienone is 12. The Morgan fingerprint density at radius 2 is 0.983 bits per heavy atom. The molecule has 0 rings (SSSR count). The Morgan fingerprint density at radius 1 is 0.552 bits per heavy atom. The van der Waals surface area contributed by atoms with Crippen molar-refractivity contribution >= 4 is 19.8 Å². The number of hydrogen-bond donors (Lipinski definition) is 1. The summed E-state index contributed by atoms with van der Waals surface area (Å²) in [6, 6.07) is 0. The first kappa shape index (κ1) is 55.5. The van der Waals surface area contributed by atoms with Crippen LogP contribution in [0.1, 0.15) is 168 Å². The number of esters is 2. The average molecular weight is 835 g/mol. The van der Waals surface area contributed by atoms with Gasteiger partial charge in [0.1, 0.15) is 19.8 Å². The molecule has 9 nitrogen and oxygen atoms in total. The Morgan fingerprint density at radius 3 is 1.52 bits per heavy atom. The SMILES string of the molecule is CC/C=C/C/C=C/C/C=C/C/C=C/C/C=C/CCCCCC(=O)O[C@H](COC(=O)CCCC/C=C/CCCCCCCCCCC)COP(=O)(O)OCC[N+](C)(C)C. The fraction of sp³-hybridized carbons (Fsp3) is 0.708. The normalized spacial score (nSPS) is 14.2. The fourth-order valence-corrected chi connectivity index (χ4v) is 6.42. The Balaban J connectivity index is 4.45. The summed E-state index contributed by atoms with van der Waals surface area (Å²) in [4.78, 5) is 35.4. The smallest absolute Gasteiger partial charge is 0.462 e. The highest BCUT2D eigenvalue weighted by atomic mass is 31.2. The lowest BCUT2D eigenvalue weighted by Gasteiger charge is -2.24. The summed E-state index contributed by atoms with van der Waals surface area (Å²) in [5, 5.41) is 0. The van der Waals surface area contributed by atoms with Gasteiger partial charge in [-0.05, 0) is 83.5 Å². The zero-order valence-electron chi connectivity index (χ0n) is 37.5. The molecule has 0 aliphatic carbocycles. The van der Waals surface area contributed by atoms with Crippen LogP contribution < -0.4 is 0 Å². The van der Waals surface area contributed by atoms with Gasteiger partial charge in [0.15, 0.2) is 6.10 Å². The largest absolute Gasteiger partial charge is 0.472 e. The number of rotatable bonds is 40. The van der Waals surface area contributed by atoms with E-state index in [2.05, 4.69) is 86.8 Å². The second kappa shape index (κ2) is 39.9. The minimum atomic E-state index is -4.39. The zero-order valence-corrected chi connectivity index (χ0v) is 38.4. The Hall–Kier alpha value is -2.55. The number of unbranched alkanes of at least 4 members (excludes halogenated alkanes) is 14. The minimum absolute atomic E-state index is 0.0186. The van der Waals surface area contributed by atoms with Crippen LogP contribution in [0.3, 0.4) is 0 Å².